The first-order valence-electron chi connectivity index (χ1n) is 9.64. The van der Waals surface area contributed by atoms with Gasteiger partial charge in [-0.2, -0.15) is 0 Å². The van der Waals surface area contributed by atoms with Gasteiger partial charge >= 0.3 is 0 Å². The maximum Gasteiger partial charge on any atom is 0.235 e. The number of carbonyl (C=O) groups is 1. The number of amides is 1. The van der Waals surface area contributed by atoms with Crippen molar-refractivity contribution in [1.82, 2.24) is 29.5 Å². The van der Waals surface area contributed by atoms with Crippen LogP contribution in [0.3, 0.4) is 0 Å². The second-order valence-electron chi connectivity index (χ2n) is 6.71. The first kappa shape index (κ1) is 20.8. The molecule has 2 aromatic rings. The number of methoxy groups -OCH3 is 1. The van der Waals surface area contributed by atoms with Crippen molar-refractivity contribution in [3.63, 3.8) is 0 Å². The van der Waals surface area contributed by atoms with Crippen LogP contribution in [0.2, 0.25) is 0 Å². The van der Waals surface area contributed by atoms with Crippen LogP contribution in [0.5, 0.6) is 0 Å². The van der Waals surface area contributed by atoms with Crippen LogP contribution in [0.4, 0.5) is 0 Å². The van der Waals surface area contributed by atoms with Crippen molar-refractivity contribution >= 4 is 17.7 Å². The van der Waals surface area contributed by atoms with Gasteiger partial charge < -0.3 is 14.5 Å². The Morgan fingerprint density at radius 2 is 1.93 bits per heavy atom. The highest BCUT2D eigenvalue weighted by atomic mass is 32.2. The molecule has 8 nitrogen and oxygen atoms in total. The minimum Gasteiger partial charge on any atom is -0.383 e. The van der Waals surface area contributed by atoms with Crippen LogP contribution in [0.15, 0.2) is 29.7 Å². The fourth-order valence-electron chi connectivity index (χ4n) is 3.22. The minimum atomic E-state index is -0.219. The molecule has 3 heterocycles. The van der Waals surface area contributed by atoms with Crippen molar-refractivity contribution in [1.29, 1.82) is 0 Å². The second-order valence-corrected chi connectivity index (χ2v) is 8.01. The maximum atomic E-state index is 12.9. The number of pyridine rings is 1. The average molecular weight is 405 g/mol. The molecule has 3 rings (SSSR count). The summed E-state index contributed by atoms with van der Waals surface area (Å²) in [5.41, 5.74) is 0.945. The first-order chi connectivity index (χ1) is 13.6. The van der Waals surface area contributed by atoms with Gasteiger partial charge in [-0.15, -0.1) is 10.2 Å². The highest BCUT2D eigenvalue weighted by Crippen LogP contribution is 2.27. The molecule has 2 aromatic heterocycles. The maximum absolute atomic E-state index is 12.9. The number of hydrogen-bond donors (Lipinski definition) is 0. The number of carbonyl (C=O) groups excluding carboxylic acids is 1. The zero-order chi connectivity index (χ0) is 19.9. The van der Waals surface area contributed by atoms with Gasteiger partial charge in [0, 0.05) is 51.2 Å². The summed E-state index contributed by atoms with van der Waals surface area (Å²) in [6, 6.07) is 3.81. The number of thioether (sulfide) groups is 1. The van der Waals surface area contributed by atoms with Crippen molar-refractivity contribution in [2.24, 2.45) is 0 Å². The molecular weight excluding hydrogens is 376 g/mol. The van der Waals surface area contributed by atoms with Crippen LogP contribution in [-0.4, -0.2) is 87.1 Å². The number of ether oxygens (including phenoxy) is 1. The fourth-order valence-corrected chi connectivity index (χ4v) is 4.18. The Kier molecular flexibility index (Phi) is 7.41. The Bertz CT molecular complexity index is 761. The number of hydrogen-bond acceptors (Lipinski definition) is 7. The van der Waals surface area contributed by atoms with Gasteiger partial charge in [0.2, 0.25) is 5.91 Å². The summed E-state index contributed by atoms with van der Waals surface area (Å²) in [4.78, 5) is 21.3. The van der Waals surface area contributed by atoms with E-state index in [1.165, 1.54) is 11.8 Å². The van der Waals surface area contributed by atoms with Crippen molar-refractivity contribution in [2.75, 3.05) is 46.4 Å². The third-order valence-corrected chi connectivity index (χ3v) is 6.00. The third kappa shape index (κ3) is 4.89. The lowest BCUT2D eigenvalue weighted by Gasteiger charge is -2.35. The highest BCUT2D eigenvalue weighted by molar-refractivity contribution is 8.00. The SMILES string of the molecule is CCN1CCN(C(=O)[C@H](C)Sc2nnc(-c3ccncc3)n2CCOC)CC1. The van der Waals surface area contributed by atoms with Crippen molar-refractivity contribution in [3.8, 4) is 11.4 Å². The fraction of sp³-hybridized carbons (Fsp3) is 0.579. The molecule has 152 valence electrons. The van der Waals surface area contributed by atoms with E-state index in [9.17, 15) is 4.79 Å². The minimum absolute atomic E-state index is 0.160. The predicted molar refractivity (Wildman–Crippen MR) is 109 cm³/mol. The molecule has 1 atom stereocenters. The standard InChI is InChI=1S/C19H28N6O2S/c1-4-23-9-11-24(12-10-23)18(26)15(2)28-19-22-21-17(25(19)13-14-27-3)16-5-7-20-8-6-16/h5-8,15H,4,9-14H2,1-3H3/t15-/m0/s1. The van der Waals surface area contributed by atoms with Gasteiger partial charge in [0.1, 0.15) is 0 Å². The van der Waals surface area contributed by atoms with E-state index in [1.807, 2.05) is 28.5 Å². The lowest BCUT2D eigenvalue weighted by atomic mass is 10.2. The molecule has 1 amide bonds. The molecule has 0 bridgehead atoms. The number of likely N-dealkylation sites (N-methyl/N-ethyl adjacent to an activating group) is 1. The molecule has 28 heavy (non-hydrogen) atoms. The molecule has 0 unspecified atom stereocenters. The van der Waals surface area contributed by atoms with Gasteiger partial charge in [0.15, 0.2) is 11.0 Å². The van der Waals surface area contributed by atoms with E-state index >= 15 is 0 Å². The van der Waals surface area contributed by atoms with Crippen molar-refractivity contribution in [2.45, 2.75) is 30.8 Å². The predicted octanol–water partition coefficient (Wildman–Crippen LogP) is 1.63. The molecule has 1 fully saturated rings. The number of piperazine rings is 1. The number of nitrogens with zero attached hydrogens (tertiary/aromatic N) is 6. The molecule has 0 aromatic carbocycles. The van der Waals surface area contributed by atoms with Crippen LogP contribution >= 0.6 is 11.8 Å². The van der Waals surface area contributed by atoms with E-state index in [4.69, 9.17) is 4.74 Å². The lowest BCUT2D eigenvalue weighted by Crippen LogP contribution is -2.50. The molecule has 0 N–H and O–H groups in total. The van der Waals surface area contributed by atoms with Crippen LogP contribution in [0.1, 0.15) is 13.8 Å². The van der Waals surface area contributed by atoms with E-state index in [-0.39, 0.29) is 11.2 Å². The zero-order valence-corrected chi connectivity index (χ0v) is 17.6. The quantitative estimate of drug-likeness (QED) is 0.619. The van der Waals surface area contributed by atoms with Gasteiger partial charge in [-0.25, -0.2) is 0 Å². The molecule has 1 aliphatic rings. The Morgan fingerprint density at radius 1 is 1.21 bits per heavy atom. The zero-order valence-electron chi connectivity index (χ0n) is 16.7. The topological polar surface area (TPSA) is 76.4 Å². The normalized spacial score (nSPS) is 16.3. The first-order valence-corrected chi connectivity index (χ1v) is 10.5. The van der Waals surface area contributed by atoms with Crippen LogP contribution in [-0.2, 0) is 16.1 Å². The smallest absolute Gasteiger partial charge is 0.235 e. The van der Waals surface area contributed by atoms with Gasteiger partial charge in [0.25, 0.3) is 0 Å². The molecule has 0 radical (unpaired) electrons. The van der Waals surface area contributed by atoms with E-state index in [1.54, 1.807) is 19.5 Å². The third-order valence-electron chi connectivity index (χ3n) is 4.94. The van der Waals surface area contributed by atoms with Crippen LogP contribution in [0, 0.1) is 0 Å². The number of rotatable bonds is 8. The van der Waals surface area contributed by atoms with Crippen molar-refractivity contribution in [3.05, 3.63) is 24.5 Å². The summed E-state index contributed by atoms with van der Waals surface area (Å²) in [5.74, 6) is 0.922. The molecule has 9 heteroatoms. The molecule has 1 saturated heterocycles. The molecule has 0 saturated carbocycles. The molecule has 0 spiro atoms. The summed E-state index contributed by atoms with van der Waals surface area (Å²) >= 11 is 1.46. The summed E-state index contributed by atoms with van der Waals surface area (Å²) in [7, 11) is 1.67. The van der Waals surface area contributed by atoms with E-state index in [0.717, 1.165) is 49.3 Å². The molecule has 0 aliphatic carbocycles. The monoisotopic (exact) mass is 404 g/mol. The summed E-state index contributed by atoms with van der Waals surface area (Å²) in [5, 5.41) is 9.24. The lowest BCUT2D eigenvalue weighted by molar-refractivity contribution is -0.132. The molecular formula is C19H28N6O2S. The Labute approximate surface area is 170 Å². The summed E-state index contributed by atoms with van der Waals surface area (Å²) in [6.45, 7) is 9.76. The van der Waals surface area contributed by atoms with E-state index in [2.05, 4.69) is 27.0 Å². The number of aromatic nitrogens is 4. The van der Waals surface area contributed by atoms with Crippen LogP contribution in [0.25, 0.3) is 11.4 Å². The highest BCUT2D eigenvalue weighted by Gasteiger charge is 2.27. The van der Waals surface area contributed by atoms with Gasteiger partial charge in [-0.1, -0.05) is 18.7 Å². The van der Waals surface area contributed by atoms with Gasteiger partial charge in [-0.3, -0.25) is 14.3 Å². The van der Waals surface area contributed by atoms with E-state index in [0.29, 0.717) is 13.2 Å². The van der Waals surface area contributed by atoms with Crippen LogP contribution < -0.4 is 0 Å². The Hall–Kier alpha value is -1.97. The largest absolute Gasteiger partial charge is 0.383 e. The van der Waals surface area contributed by atoms with Gasteiger partial charge in [-0.05, 0) is 25.6 Å². The second kappa shape index (κ2) is 9.99. The Balaban J connectivity index is 1.72. The Morgan fingerprint density at radius 3 is 2.57 bits per heavy atom. The van der Waals surface area contributed by atoms with E-state index < -0.39 is 0 Å². The van der Waals surface area contributed by atoms with Crippen molar-refractivity contribution < 1.29 is 9.53 Å². The van der Waals surface area contributed by atoms with Gasteiger partial charge in [0.05, 0.1) is 18.4 Å². The summed E-state index contributed by atoms with van der Waals surface area (Å²) in [6.07, 6.45) is 3.47. The molecule has 1 aliphatic heterocycles. The average Bonchev–Trinajstić information content (AvgIpc) is 3.14. The summed E-state index contributed by atoms with van der Waals surface area (Å²) < 4.78 is 7.27.